The zero-order valence-corrected chi connectivity index (χ0v) is 20.6. The summed E-state index contributed by atoms with van der Waals surface area (Å²) in [4.78, 5) is 0. The molecule has 0 spiro atoms. The molecule has 174 valence electrons. The van der Waals surface area contributed by atoms with Gasteiger partial charge in [0, 0.05) is 0 Å². The lowest BCUT2D eigenvalue weighted by molar-refractivity contribution is 0.167. The summed E-state index contributed by atoms with van der Waals surface area (Å²) < 4.78 is 28.5. The molecule has 0 aliphatic heterocycles. The van der Waals surface area contributed by atoms with Crippen LogP contribution in [-0.2, 0) is 20.0 Å². The average molecular weight is 441 g/mol. The number of hydrogen-bond donors (Lipinski definition) is 0. The van der Waals surface area contributed by atoms with Gasteiger partial charge in [0.1, 0.15) is 5.75 Å². The summed E-state index contributed by atoms with van der Waals surface area (Å²) >= 11 is 0. The van der Waals surface area contributed by atoms with Crippen LogP contribution in [0.5, 0.6) is 5.75 Å². The van der Waals surface area contributed by atoms with Crippen LogP contribution in [0.15, 0.2) is 24.3 Å². The molecule has 1 aromatic rings. The zero-order chi connectivity index (χ0) is 21.9. The minimum absolute atomic E-state index is 0.288. The number of hydrogen-bond acceptors (Lipinski definition) is 4. The zero-order valence-electron chi connectivity index (χ0n) is 19.7. The van der Waals surface area contributed by atoms with Crippen molar-refractivity contribution in [2.75, 3.05) is 13.2 Å². The Balaban J connectivity index is 2.14. The van der Waals surface area contributed by atoms with Crippen molar-refractivity contribution >= 4 is 7.82 Å². The van der Waals surface area contributed by atoms with E-state index < -0.39 is 7.82 Å². The molecule has 0 bridgehead atoms. The highest BCUT2D eigenvalue weighted by Crippen LogP contribution is 2.49. The van der Waals surface area contributed by atoms with E-state index in [1.807, 2.05) is 12.1 Å². The quantitative estimate of drug-likeness (QED) is 0.150. The number of benzene rings is 1. The minimum atomic E-state index is -3.52. The van der Waals surface area contributed by atoms with E-state index in [-0.39, 0.29) is 13.2 Å². The van der Waals surface area contributed by atoms with Gasteiger partial charge in [-0.1, -0.05) is 96.1 Å². The monoisotopic (exact) mass is 440 g/mol. The van der Waals surface area contributed by atoms with Crippen molar-refractivity contribution in [2.24, 2.45) is 0 Å². The second-order valence-corrected chi connectivity index (χ2v) is 9.61. The first-order valence-electron chi connectivity index (χ1n) is 12.3. The molecule has 4 nitrogen and oxygen atoms in total. The van der Waals surface area contributed by atoms with Crippen molar-refractivity contribution in [1.29, 1.82) is 0 Å². The summed E-state index contributed by atoms with van der Waals surface area (Å²) in [6.45, 7) is 6.41. The third-order valence-electron chi connectivity index (χ3n) is 5.26. The number of rotatable bonds is 20. The van der Waals surface area contributed by atoms with Crippen LogP contribution < -0.4 is 4.52 Å². The number of phosphoric acid groups is 1. The Bertz CT molecular complexity index is 566. The summed E-state index contributed by atoms with van der Waals surface area (Å²) in [5.74, 6) is 0.549. The van der Waals surface area contributed by atoms with Crippen LogP contribution >= 0.6 is 7.82 Å². The molecule has 0 atom stereocenters. The summed E-state index contributed by atoms with van der Waals surface area (Å²) in [7, 11) is -3.52. The van der Waals surface area contributed by atoms with Crippen molar-refractivity contribution in [3.8, 4) is 5.75 Å². The number of aryl methyl sites for hydroxylation is 1. The van der Waals surface area contributed by atoms with E-state index in [4.69, 9.17) is 13.6 Å². The topological polar surface area (TPSA) is 44.8 Å². The van der Waals surface area contributed by atoms with Crippen LogP contribution in [0.25, 0.3) is 0 Å². The molecule has 0 heterocycles. The summed E-state index contributed by atoms with van der Waals surface area (Å²) in [5, 5.41) is 0. The van der Waals surface area contributed by atoms with Crippen molar-refractivity contribution in [3.05, 3.63) is 29.8 Å². The number of unbranched alkanes of at least 4 members (excludes halogenated alkanes) is 12. The summed E-state index contributed by atoms with van der Waals surface area (Å²) in [6, 6.07) is 7.79. The highest BCUT2D eigenvalue weighted by Gasteiger charge is 2.27. The van der Waals surface area contributed by atoms with Gasteiger partial charge in [0.15, 0.2) is 0 Å². The van der Waals surface area contributed by atoms with Gasteiger partial charge < -0.3 is 4.52 Å². The van der Waals surface area contributed by atoms with Gasteiger partial charge in [-0.2, -0.15) is 0 Å². The van der Waals surface area contributed by atoms with Gasteiger partial charge in [0.2, 0.25) is 0 Å². The van der Waals surface area contributed by atoms with Crippen molar-refractivity contribution in [3.63, 3.8) is 0 Å². The van der Waals surface area contributed by atoms with E-state index >= 15 is 0 Å². The second kappa shape index (κ2) is 17.8. The molecular weight excluding hydrogens is 395 g/mol. The molecule has 0 N–H and O–H groups in total. The van der Waals surface area contributed by atoms with Crippen LogP contribution in [0.4, 0.5) is 0 Å². The van der Waals surface area contributed by atoms with Gasteiger partial charge in [0.05, 0.1) is 13.2 Å². The SMILES string of the molecule is CCCCCCCCCCCCCCCc1cccc(OP(=O)(OCC)OCC)c1. The fourth-order valence-electron chi connectivity index (χ4n) is 3.64. The standard InChI is InChI=1S/C25H45O4P/c1-4-7-8-9-10-11-12-13-14-15-16-17-18-20-24-21-19-22-25(23-24)29-30(26,27-5-2)28-6-3/h19,21-23H,4-18,20H2,1-3H3. The Morgan fingerprint density at radius 1 is 0.700 bits per heavy atom. The normalized spacial score (nSPS) is 11.7. The predicted molar refractivity (Wildman–Crippen MR) is 127 cm³/mol. The van der Waals surface area contributed by atoms with E-state index in [0.29, 0.717) is 5.75 Å². The highest BCUT2D eigenvalue weighted by molar-refractivity contribution is 7.48. The molecule has 0 radical (unpaired) electrons. The van der Waals surface area contributed by atoms with Gasteiger partial charge >= 0.3 is 7.82 Å². The maximum absolute atomic E-state index is 12.5. The lowest BCUT2D eigenvalue weighted by atomic mass is 10.0. The third kappa shape index (κ3) is 13.5. The van der Waals surface area contributed by atoms with E-state index in [0.717, 1.165) is 6.42 Å². The summed E-state index contributed by atoms with van der Waals surface area (Å²) in [6.07, 6.45) is 18.7. The van der Waals surface area contributed by atoms with Crippen LogP contribution in [0.1, 0.15) is 110 Å². The molecular formula is C25H45O4P. The molecule has 0 aromatic heterocycles. The molecule has 0 amide bonds. The second-order valence-electron chi connectivity index (χ2n) is 8.01. The van der Waals surface area contributed by atoms with Crippen LogP contribution in [0.2, 0.25) is 0 Å². The average Bonchev–Trinajstić information content (AvgIpc) is 2.72. The molecule has 0 aliphatic carbocycles. The Labute approximate surface area is 185 Å². The number of phosphoric ester groups is 1. The van der Waals surface area contributed by atoms with E-state index in [1.165, 1.54) is 89.0 Å². The molecule has 1 aromatic carbocycles. The van der Waals surface area contributed by atoms with Crippen LogP contribution in [0.3, 0.4) is 0 Å². The first kappa shape index (κ1) is 27.2. The predicted octanol–water partition coefficient (Wildman–Crippen LogP) is 8.88. The largest absolute Gasteiger partial charge is 0.530 e. The Hall–Kier alpha value is -0.830. The molecule has 0 fully saturated rings. The fraction of sp³-hybridized carbons (Fsp3) is 0.760. The molecule has 30 heavy (non-hydrogen) atoms. The molecule has 5 heteroatoms. The minimum Gasteiger partial charge on any atom is -0.404 e. The van der Waals surface area contributed by atoms with Crippen molar-refractivity contribution < 1.29 is 18.1 Å². The lowest BCUT2D eigenvalue weighted by Gasteiger charge is -2.17. The molecule has 0 unspecified atom stereocenters. The van der Waals surface area contributed by atoms with Gasteiger partial charge in [-0.3, -0.25) is 9.05 Å². The molecule has 0 saturated carbocycles. The Morgan fingerprint density at radius 3 is 1.70 bits per heavy atom. The molecule has 1 rings (SSSR count). The van der Waals surface area contributed by atoms with Crippen LogP contribution in [0, 0.1) is 0 Å². The van der Waals surface area contributed by atoms with E-state index in [1.54, 1.807) is 19.9 Å². The van der Waals surface area contributed by atoms with Gasteiger partial charge in [-0.15, -0.1) is 0 Å². The first-order chi connectivity index (χ1) is 14.6. The molecule has 0 saturated heterocycles. The Kier molecular flexibility index (Phi) is 16.2. The maximum atomic E-state index is 12.5. The van der Waals surface area contributed by atoms with Gasteiger partial charge in [-0.05, 0) is 44.4 Å². The van der Waals surface area contributed by atoms with Crippen LogP contribution in [-0.4, -0.2) is 13.2 Å². The highest BCUT2D eigenvalue weighted by atomic mass is 31.2. The van der Waals surface area contributed by atoms with Crippen molar-refractivity contribution in [1.82, 2.24) is 0 Å². The van der Waals surface area contributed by atoms with E-state index in [2.05, 4.69) is 13.0 Å². The fourth-order valence-corrected chi connectivity index (χ4v) is 4.82. The molecule has 0 aliphatic rings. The third-order valence-corrected chi connectivity index (χ3v) is 6.84. The van der Waals surface area contributed by atoms with Gasteiger partial charge in [-0.25, -0.2) is 4.57 Å². The van der Waals surface area contributed by atoms with Crippen molar-refractivity contribution in [2.45, 2.75) is 111 Å². The van der Waals surface area contributed by atoms with Gasteiger partial charge in [0.25, 0.3) is 0 Å². The Morgan fingerprint density at radius 2 is 1.20 bits per heavy atom. The smallest absolute Gasteiger partial charge is 0.404 e. The summed E-state index contributed by atoms with van der Waals surface area (Å²) in [5.41, 5.74) is 1.20. The lowest BCUT2D eigenvalue weighted by Crippen LogP contribution is -2.02. The maximum Gasteiger partial charge on any atom is 0.530 e. The first-order valence-corrected chi connectivity index (χ1v) is 13.8. The van der Waals surface area contributed by atoms with E-state index in [9.17, 15) is 4.57 Å².